The average Bonchev–Trinajstić information content (AvgIpc) is 3.73. The van der Waals surface area contributed by atoms with E-state index in [-0.39, 0.29) is 41.5 Å². The first kappa shape index (κ1) is 39.3. The van der Waals surface area contributed by atoms with Crippen LogP contribution in [-0.2, 0) is 33.8 Å². The molecular formula is C37H56N4O8S. The molecule has 1 unspecified atom stereocenters. The highest BCUT2D eigenvalue weighted by molar-refractivity contribution is 7.91. The Hall–Kier alpha value is -3.48. The molecule has 0 radical (unpaired) electrons. The van der Waals surface area contributed by atoms with Crippen LogP contribution in [-0.4, -0.2) is 79.1 Å². The van der Waals surface area contributed by atoms with Crippen molar-refractivity contribution in [2.75, 3.05) is 12.4 Å². The van der Waals surface area contributed by atoms with Crippen LogP contribution in [0.1, 0.15) is 105 Å². The number of carbonyl (C=O) groups excluding carboxylic acids is 5. The Bertz CT molecular complexity index is 1520. The van der Waals surface area contributed by atoms with Crippen LogP contribution in [0.25, 0.3) is 0 Å². The number of Topliss-reactive ketones (excluding diaryl/α,β-unsaturated/α-hetero) is 1. The van der Waals surface area contributed by atoms with Gasteiger partial charge in [0.25, 0.3) is 5.91 Å². The second kappa shape index (κ2) is 15.8. The molecule has 3 aliphatic rings. The summed E-state index contributed by atoms with van der Waals surface area (Å²) in [4.78, 5) is 69.9. The second-order valence-corrected chi connectivity index (χ2v) is 18.4. The minimum Gasteiger partial charge on any atom is -0.444 e. The first-order chi connectivity index (χ1) is 23.3. The summed E-state index contributed by atoms with van der Waals surface area (Å²) in [5.41, 5.74) is -0.284. The van der Waals surface area contributed by atoms with Gasteiger partial charge in [0.1, 0.15) is 23.6 Å². The van der Waals surface area contributed by atoms with Crippen molar-refractivity contribution in [3.8, 4) is 0 Å². The summed E-state index contributed by atoms with van der Waals surface area (Å²) in [6.07, 6.45) is 6.19. The number of likely N-dealkylation sites (tertiary alicyclic amines) is 1. The van der Waals surface area contributed by atoms with Gasteiger partial charge in [0, 0.05) is 6.54 Å². The van der Waals surface area contributed by atoms with E-state index in [0.29, 0.717) is 6.42 Å². The number of aryl methyl sites for hydroxylation is 1. The minimum absolute atomic E-state index is 0.0191. The molecule has 2 saturated carbocycles. The van der Waals surface area contributed by atoms with E-state index in [0.717, 1.165) is 50.5 Å². The summed E-state index contributed by atoms with van der Waals surface area (Å²) in [5, 5.41) is 7.91. The smallest absolute Gasteiger partial charge is 0.408 e. The van der Waals surface area contributed by atoms with Gasteiger partial charge in [-0.25, -0.2) is 13.2 Å². The van der Waals surface area contributed by atoms with Crippen molar-refractivity contribution in [1.82, 2.24) is 20.9 Å². The molecule has 3 fully saturated rings. The van der Waals surface area contributed by atoms with Crippen LogP contribution in [0.4, 0.5) is 4.79 Å². The van der Waals surface area contributed by atoms with Crippen molar-refractivity contribution in [1.29, 1.82) is 0 Å². The number of benzene rings is 1. The number of hydrogen-bond donors (Lipinski definition) is 3. The lowest BCUT2D eigenvalue weighted by atomic mass is 9.75. The molecule has 12 nitrogen and oxygen atoms in total. The fourth-order valence-corrected chi connectivity index (χ4v) is 8.18. The Morgan fingerprint density at radius 1 is 0.880 bits per heavy atom. The van der Waals surface area contributed by atoms with Crippen LogP contribution in [0, 0.1) is 30.1 Å². The highest BCUT2D eigenvalue weighted by Crippen LogP contribution is 2.40. The van der Waals surface area contributed by atoms with E-state index in [4.69, 9.17) is 4.74 Å². The van der Waals surface area contributed by atoms with Crippen molar-refractivity contribution in [3.63, 3.8) is 0 Å². The Kier molecular flexibility index (Phi) is 12.4. The van der Waals surface area contributed by atoms with Gasteiger partial charge in [-0.05, 0) is 88.7 Å². The molecule has 1 saturated heterocycles. The third-order valence-corrected chi connectivity index (χ3v) is 11.6. The first-order valence-corrected chi connectivity index (χ1v) is 19.6. The third kappa shape index (κ3) is 10.5. The van der Waals surface area contributed by atoms with Crippen LogP contribution >= 0.6 is 0 Å². The predicted octanol–water partition coefficient (Wildman–Crippen LogP) is 4.43. The van der Waals surface area contributed by atoms with Crippen LogP contribution in [0.3, 0.4) is 0 Å². The van der Waals surface area contributed by atoms with Crippen LogP contribution in [0.5, 0.6) is 0 Å². The Labute approximate surface area is 297 Å². The average molecular weight is 717 g/mol. The monoisotopic (exact) mass is 716 g/mol. The maximum atomic E-state index is 14.5. The standard InChI is InChI=1S/C37H56N4O8S/c1-23-13-17-26(18-14-23)50(47,48)22-38-33(44)31(42)28(21-24-15-16-24)39-32(43)30-27(36(2,3)4)19-20-41(30)34(45)29(25-11-9-8-10-12-25)40-35(46)49-37(5,6)7/h13-14,17-18,24-25,27-30H,8-12,15-16,19-22H2,1-7H3,(H,38,44)(H,39,43)(H,40,46)/t27-,28?,29-,30-/m0/s1. The molecule has 4 amide bonds. The van der Waals surface area contributed by atoms with Gasteiger partial charge >= 0.3 is 6.09 Å². The molecule has 0 aromatic heterocycles. The molecule has 1 aromatic rings. The highest BCUT2D eigenvalue weighted by Gasteiger charge is 2.50. The predicted molar refractivity (Wildman–Crippen MR) is 188 cm³/mol. The van der Waals surface area contributed by atoms with Crippen LogP contribution < -0.4 is 16.0 Å². The Balaban J connectivity index is 1.54. The number of hydrogen-bond acceptors (Lipinski definition) is 8. The third-order valence-electron chi connectivity index (χ3n) is 10.0. The molecule has 0 bridgehead atoms. The zero-order chi connectivity index (χ0) is 37.0. The van der Waals surface area contributed by atoms with Gasteiger partial charge in [0.15, 0.2) is 9.84 Å². The molecule has 0 spiro atoms. The quantitative estimate of drug-likeness (QED) is 0.267. The lowest BCUT2D eigenvalue weighted by molar-refractivity contribution is -0.145. The SMILES string of the molecule is Cc1ccc(S(=O)(=O)CNC(=O)C(=O)C(CC2CC2)NC(=O)[C@@H]2[C@@H](C(C)(C)C)CCN2C(=O)[C@@H](NC(=O)OC(C)(C)C)C2CCCCC2)cc1. The number of amides is 4. The normalized spacial score (nSPS) is 21.5. The lowest BCUT2D eigenvalue weighted by Crippen LogP contribution is -2.60. The van der Waals surface area contributed by atoms with Gasteiger partial charge in [-0.15, -0.1) is 0 Å². The van der Waals surface area contributed by atoms with Gasteiger partial charge in [0.05, 0.1) is 10.9 Å². The summed E-state index contributed by atoms with van der Waals surface area (Å²) in [6, 6.07) is 3.15. The summed E-state index contributed by atoms with van der Waals surface area (Å²) in [6.45, 7) is 13.4. The van der Waals surface area contributed by atoms with Gasteiger partial charge in [-0.1, -0.05) is 70.6 Å². The summed E-state index contributed by atoms with van der Waals surface area (Å²) >= 11 is 0. The largest absolute Gasteiger partial charge is 0.444 e. The van der Waals surface area contributed by atoms with E-state index in [1.165, 1.54) is 17.0 Å². The topological polar surface area (TPSA) is 168 Å². The number of nitrogens with zero attached hydrogens (tertiary/aromatic N) is 1. The number of alkyl carbamates (subject to hydrolysis) is 1. The van der Waals surface area contributed by atoms with Crippen LogP contribution in [0.2, 0.25) is 0 Å². The van der Waals surface area contributed by atoms with Gasteiger partial charge in [0.2, 0.25) is 17.6 Å². The van der Waals surface area contributed by atoms with Crippen molar-refractivity contribution >= 4 is 39.4 Å². The molecule has 278 valence electrons. The zero-order valence-corrected chi connectivity index (χ0v) is 31.5. The minimum atomic E-state index is -3.91. The maximum absolute atomic E-state index is 14.5. The molecule has 13 heteroatoms. The van der Waals surface area contributed by atoms with Crippen LogP contribution in [0.15, 0.2) is 29.2 Å². The number of sulfone groups is 1. The molecule has 50 heavy (non-hydrogen) atoms. The molecule has 1 heterocycles. The van der Waals surface area contributed by atoms with Crippen molar-refractivity contribution < 1.29 is 37.1 Å². The second-order valence-electron chi connectivity index (χ2n) is 16.4. The fraction of sp³-hybridized carbons (Fsp3) is 0.703. The van der Waals surface area contributed by atoms with Gasteiger partial charge in [-0.2, -0.15) is 0 Å². The highest BCUT2D eigenvalue weighted by atomic mass is 32.2. The van der Waals surface area contributed by atoms with Gasteiger partial charge in [-0.3, -0.25) is 19.2 Å². The fourth-order valence-electron chi connectivity index (χ4n) is 7.14. The van der Waals surface area contributed by atoms with E-state index in [2.05, 4.69) is 16.0 Å². The number of nitrogens with one attached hydrogen (secondary N) is 3. The Morgan fingerprint density at radius 2 is 1.50 bits per heavy atom. The molecular weight excluding hydrogens is 660 g/mol. The van der Waals surface area contributed by atoms with Crippen molar-refractivity contribution in [2.45, 2.75) is 135 Å². The molecule has 2 aliphatic carbocycles. The summed E-state index contributed by atoms with van der Waals surface area (Å²) in [7, 11) is -3.91. The zero-order valence-electron chi connectivity index (χ0n) is 30.7. The molecule has 4 atom stereocenters. The van der Waals surface area contributed by atoms with Gasteiger partial charge < -0.3 is 25.6 Å². The maximum Gasteiger partial charge on any atom is 0.408 e. The molecule has 1 aliphatic heterocycles. The van der Waals surface area contributed by atoms with E-state index in [9.17, 15) is 32.4 Å². The van der Waals surface area contributed by atoms with E-state index >= 15 is 0 Å². The first-order valence-electron chi connectivity index (χ1n) is 18.0. The molecule has 3 N–H and O–H groups in total. The summed E-state index contributed by atoms with van der Waals surface area (Å²) in [5.74, 6) is -3.96. The van der Waals surface area contributed by atoms with E-state index in [1.807, 2.05) is 27.7 Å². The van der Waals surface area contributed by atoms with E-state index in [1.54, 1.807) is 32.9 Å². The molecule has 1 aromatic carbocycles. The number of rotatable bonds is 12. The molecule has 4 rings (SSSR count). The van der Waals surface area contributed by atoms with Crippen molar-refractivity contribution in [3.05, 3.63) is 29.8 Å². The number of ketones is 1. The number of carbonyl (C=O) groups is 5. The lowest BCUT2D eigenvalue weighted by Gasteiger charge is -2.38. The number of ether oxygens (including phenoxy) is 1. The summed E-state index contributed by atoms with van der Waals surface area (Å²) < 4.78 is 31.2. The van der Waals surface area contributed by atoms with E-state index < -0.39 is 68.5 Å². The Morgan fingerprint density at radius 3 is 2.06 bits per heavy atom. The van der Waals surface area contributed by atoms with Crippen molar-refractivity contribution in [2.24, 2.45) is 23.2 Å².